The molecule has 0 bridgehead atoms. The van der Waals surface area contributed by atoms with Crippen molar-refractivity contribution in [1.82, 2.24) is 4.90 Å². The summed E-state index contributed by atoms with van der Waals surface area (Å²) in [5.41, 5.74) is 0.850. The molecule has 0 aliphatic carbocycles. The van der Waals surface area contributed by atoms with Crippen molar-refractivity contribution in [3.05, 3.63) is 35.9 Å². The maximum Gasteiger partial charge on any atom is 0.159 e. The maximum atomic E-state index is 12.7. The number of likely N-dealkylation sites (tertiary alicyclic amines) is 1. The monoisotopic (exact) mass is 245 g/mol. The van der Waals surface area contributed by atoms with Crippen LogP contribution in [0.5, 0.6) is 0 Å². The Morgan fingerprint density at radius 2 is 1.67 bits per heavy atom. The van der Waals surface area contributed by atoms with Gasteiger partial charge in [0.2, 0.25) is 0 Å². The highest BCUT2D eigenvalue weighted by Crippen LogP contribution is 2.32. The highest BCUT2D eigenvalue weighted by molar-refractivity contribution is 5.89. The first-order valence-electron chi connectivity index (χ1n) is 6.83. The lowest BCUT2D eigenvalue weighted by Gasteiger charge is -2.31. The van der Waals surface area contributed by atoms with Crippen molar-refractivity contribution in [2.45, 2.75) is 39.7 Å². The van der Waals surface area contributed by atoms with Crippen LogP contribution in [0.1, 0.15) is 45.2 Å². The minimum atomic E-state index is -0.289. The standard InChI is InChI=1S/C16H23NO/c1-16(2,3)15(18)14(17-11-7-8-12-17)13-9-5-4-6-10-13/h4-6,9-10,14H,7-8,11-12H2,1-3H3/t14-/m1/s1. The lowest BCUT2D eigenvalue weighted by atomic mass is 9.83. The van der Waals surface area contributed by atoms with Crippen LogP contribution >= 0.6 is 0 Å². The molecule has 2 rings (SSSR count). The van der Waals surface area contributed by atoms with Crippen LogP contribution < -0.4 is 0 Å². The van der Waals surface area contributed by atoms with E-state index in [-0.39, 0.29) is 11.5 Å². The summed E-state index contributed by atoms with van der Waals surface area (Å²) in [7, 11) is 0. The summed E-state index contributed by atoms with van der Waals surface area (Å²) in [4.78, 5) is 15.0. The fourth-order valence-corrected chi connectivity index (χ4v) is 2.57. The van der Waals surface area contributed by atoms with Crippen molar-refractivity contribution in [3.8, 4) is 0 Å². The zero-order valence-electron chi connectivity index (χ0n) is 11.6. The molecule has 0 amide bonds. The van der Waals surface area contributed by atoms with Crippen molar-refractivity contribution in [2.75, 3.05) is 13.1 Å². The molecule has 1 heterocycles. The molecule has 1 aliphatic heterocycles. The van der Waals surface area contributed by atoms with Gasteiger partial charge >= 0.3 is 0 Å². The average Bonchev–Trinajstić information content (AvgIpc) is 2.83. The third-order valence-electron chi connectivity index (χ3n) is 3.61. The van der Waals surface area contributed by atoms with E-state index in [4.69, 9.17) is 0 Å². The molecule has 1 atom stereocenters. The summed E-state index contributed by atoms with van der Waals surface area (Å²) in [5.74, 6) is 0.329. The average molecular weight is 245 g/mol. The molecular formula is C16H23NO. The molecule has 1 aromatic rings. The van der Waals surface area contributed by atoms with Gasteiger partial charge in [-0.3, -0.25) is 9.69 Å². The number of benzene rings is 1. The van der Waals surface area contributed by atoms with Gasteiger partial charge in [-0.2, -0.15) is 0 Å². The van der Waals surface area contributed by atoms with Gasteiger partial charge in [-0.15, -0.1) is 0 Å². The molecule has 0 aromatic heterocycles. The second-order valence-corrected chi connectivity index (χ2v) is 6.17. The van der Waals surface area contributed by atoms with E-state index in [0.29, 0.717) is 5.78 Å². The van der Waals surface area contributed by atoms with Crippen LogP contribution in [0.3, 0.4) is 0 Å². The first kappa shape index (κ1) is 13.3. The molecule has 18 heavy (non-hydrogen) atoms. The molecule has 0 radical (unpaired) electrons. The van der Waals surface area contributed by atoms with Gasteiger partial charge in [-0.25, -0.2) is 0 Å². The third-order valence-corrected chi connectivity index (χ3v) is 3.61. The summed E-state index contributed by atoms with van der Waals surface area (Å²) in [6.45, 7) is 8.13. The number of carbonyl (C=O) groups excluding carboxylic acids is 1. The normalized spacial score (nSPS) is 18.8. The lowest BCUT2D eigenvalue weighted by molar-refractivity contribution is -0.131. The number of nitrogens with zero attached hydrogens (tertiary/aromatic N) is 1. The van der Waals surface area contributed by atoms with Gasteiger partial charge < -0.3 is 0 Å². The van der Waals surface area contributed by atoms with Crippen LogP contribution in [0.2, 0.25) is 0 Å². The first-order valence-corrected chi connectivity index (χ1v) is 6.83. The van der Waals surface area contributed by atoms with Gasteiger partial charge in [-0.05, 0) is 31.5 Å². The summed E-state index contributed by atoms with van der Waals surface area (Å²) < 4.78 is 0. The highest BCUT2D eigenvalue weighted by atomic mass is 16.1. The number of ketones is 1. The Hall–Kier alpha value is -1.15. The van der Waals surface area contributed by atoms with Crippen molar-refractivity contribution in [3.63, 3.8) is 0 Å². The Morgan fingerprint density at radius 3 is 2.17 bits per heavy atom. The van der Waals surface area contributed by atoms with E-state index in [2.05, 4.69) is 17.0 Å². The van der Waals surface area contributed by atoms with Crippen LogP contribution in [0, 0.1) is 5.41 Å². The van der Waals surface area contributed by atoms with Crippen LogP contribution in [-0.4, -0.2) is 23.8 Å². The van der Waals surface area contributed by atoms with Gasteiger partial charge in [0.15, 0.2) is 5.78 Å². The molecule has 1 fully saturated rings. The Morgan fingerprint density at radius 1 is 1.11 bits per heavy atom. The molecule has 1 saturated heterocycles. The molecule has 0 N–H and O–H groups in total. The number of hydrogen-bond donors (Lipinski definition) is 0. The van der Waals surface area contributed by atoms with Crippen LogP contribution in [0.15, 0.2) is 30.3 Å². The summed E-state index contributed by atoms with van der Waals surface area (Å²) in [6, 6.07) is 10.1. The second-order valence-electron chi connectivity index (χ2n) is 6.17. The molecule has 1 aliphatic rings. The van der Waals surface area contributed by atoms with Gasteiger partial charge in [0.1, 0.15) is 0 Å². The Labute approximate surface area is 110 Å². The van der Waals surface area contributed by atoms with E-state index in [1.165, 1.54) is 12.8 Å². The largest absolute Gasteiger partial charge is 0.297 e. The van der Waals surface area contributed by atoms with Gasteiger partial charge in [-0.1, -0.05) is 51.1 Å². The summed E-state index contributed by atoms with van der Waals surface area (Å²) in [5, 5.41) is 0. The molecule has 0 unspecified atom stereocenters. The minimum absolute atomic E-state index is 0.0614. The third kappa shape index (κ3) is 2.81. The van der Waals surface area contributed by atoms with Crippen molar-refractivity contribution < 1.29 is 4.79 Å². The summed E-state index contributed by atoms with van der Waals surface area (Å²) in [6.07, 6.45) is 2.42. The molecule has 2 heteroatoms. The minimum Gasteiger partial charge on any atom is -0.297 e. The highest BCUT2D eigenvalue weighted by Gasteiger charge is 2.35. The van der Waals surface area contributed by atoms with Crippen molar-refractivity contribution >= 4 is 5.78 Å². The lowest BCUT2D eigenvalue weighted by Crippen LogP contribution is -2.38. The summed E-state index contributed by atoms with van der Waals surface area (Å²) >= 11 is 0. The van der Waals surface area contributed by atoms with Crippen molar-refractivity contribution in [2.24, 2.45) is 5.41 Å². The second kappa shape index (κ2) is 5.23. The number of rotatable bonds is 3. The van der Waals surface area contributed by atoms with Crippen LogP contribution in [-0.2, 0) is 4.79 Å². The first-order chi connectivity index (χ1) is 8.50. The quantitative estimate of drug-likeness (QED) is 0.813. The van der Waals surface area contributed by atoms with Crippen LogP contribution in [0.25, 0.3) is 0 Å². The predicted molar refractivity (Wildman–Crippen MR) is 74.5 cm³/mol. The Bertz CT molecular complexity index is 399. The van der Waals surface area contributed by atoms with E-state index in [9.17, 15) is 4.79 Å². The maximum absolute atomic E-state index is 12.7. The predicted octanol–water partition coefficient (Wildman–Crippen LogP) is 3.44. The fraction of sp³-hybridized carbons (Fsp3) is 0.562. The molecule has 0 spiro atoms. The van der Waals surface area contributed by atoms with Gasteiger partial charge in [0.05, 0.1) is 6.04 Å². The molecule has 98 valence electrons. The van der Waals surface area contributed by atoms with Gasteiger partial charge in [0.25, 0.3) is 0 Å². The Balaban J connectivity index is 2.32. The topological polar surface area (TPSA) is 20.3 Å². The smallest absolute Gasteiger partial charge is 0.159 e. The van der Waals surface area contributed by atoms with E-state index in [1.807, 2.05) is 39.0 Å². The van der Waals surface area contributed by atoms with Gasteiger partial charge in [0, 0.05) is 5.41 Å². The SMILES string of the molecule is CC(C)(C)C(=O)[C@@H](c1ccccc1)N1CCCC1. The number of Topliss-reactive ketones (excluding diaryl/α,β-unsaturated/α-hetero) is 1. The molecular weight excluding hydrogens is 222 g/mol. The molecule has 1 aromatic carbocycles. The Kier molecular flexibility index (Phi) is 3.86. The fourth-order valence-electron chi connectivity index (χ4n) is 2.57. The van der Waals surface area contributed by atoms with E-state index < -0.39 is 0 Å². The zero-order chi connectivity index (χ0) is 13.2. The number of carbonyl (C=O) groups is 1. The number of hydrogen-bond acceptors (Lipinski definition) is 2. The molecule has 0 saturated carbocycles. The molecule has 2 nitrogen and oxygen atoms in total. The van der Waals surface area contributed by atoms with E-state index >= 15 is 0 Å². The van der Waals surface area contributed by atoms with E-state index in [1.54, 1.807) is 0 Å². The van der Waals surface area contributed by atoms with E-state index in [0.717, 1.165) is 18.7 Å². The van der Waals surface area contributed by atoms with Crippen molar-refractivity contribution in [1.29, 1.82) is 0 Å². The van der Waals surface area contributed by atoms with Crippen LogP contribution in [0.4, 0.5) is 0 Å². The zero-order valence-corrected chi connectivity index (χ0v) is 11.6.